The molecule has 3 heterocycles. The fourth-order valence-electron chi connectivity index (χ4n) is 1.66. The third kappa shape index (κ3) is 1.45. The lowest BCUT2D eigenvalue weighted by Gasteiger charge is -1.95. The van der Waals surface area contributed by atoms with Gasteiger partial charge in [0, 0.05) is 25.5 Å². The molecule has 0 radical (unpaired) electrons. The van der Waals surface area contributed by atoms with Gasteiger partial charge in [0.15, 0.2) is 11.5 Å². The third-order valence-electron chi connectivity index (χ3n) is 2.47. The molecule has 0 saturated carbocycles. The third-order valence-corrected chi connectivity index (χ3v) is 2.47. The molecular formula is C11H8N6. The lowest BCUT2D eigenvalue weighted by molar-refractivity contribution is 0.913. The Morgan fingerprint density at radius 1 is 1.35 bits per heavy atom. The summed E-state index contributed by atoms with van der Waals surface area (Å²) in [6.45, 7) is 0. The summed E-state index contributed by atoms with van der Waals surface area (Å²) in [5.74, 6) is 0.671. The van der Waals surface area contributed by atoms with Gasteiger partial charge >= 0.3 is 0 Å². The van der Waals surface area contributed by atoms with Crippen molar-refractivity contribution in [3.63, 3.8) is 0 Å². The molecule has 82 valence electrons. The van der Waals surface area contributed by atoms with Crippen LogP contribution in [0.1, 0.15) is 5.56 Å². The summed E-state index contributed by atoms with van der Waals surface area (Å²) in [6.07, 6.45) is 5.35. The van der Waals surface area contributed by atoms with Gasteiger partial charge in [-0.15, -0.1) is 10.2 Å². The number of nitriles is 1. The van der Waals surface area contributed by atoms with E-state index in [1.165, 1.54) is 0 Å². The first-order valence-corrected chi connectivity index (χ1v) is 5.01. The van der Waals surface area contributed by atoms with E-state index in [0.717, 1.165) is 5.69 Å². The molecule has 0 aliphatic carbocycles. The first-order chi connectivity index (χ1) is 8.28. The topological polar surface area (TPSA) is 71.8 Å². The van der Waals surface area contributed by atoms with E-state index in [1.807, 2.05) is 22.2 Å². The Morgan fingerprint density at radius 3 is 2.94 bits per heavy atom. The first-order valence-electron chi connectivity index (χ1n) is 5.01. The van der Waals surface area contributed by atoms with Crippen LogP contribution in [-0.2, 0) is 7.05 Å². The van der Waals surface area contributed by atoms with Gasteiger partial charge in [-0.3, -0.25) is 4.40 Å². The number of hydrogen-bond donors (Lipinski definition) is 0. The Bertz CT molecular complexity index is 730. The van der Waals surface area contributed by atoms with Crippen LogP contribution in [0.25, 0.3) is 17.2 Å². The molecule has 0 aromatic carbocycles. The van der Waals surface area contributed by atoms with Crippen LogP contribution in [0.5, 0.6) is 0 Å². The lowest BCUT2D eigenvalue weighted by atomic mass is 10.3. The fourth-order valence-corrected chi connectivity index (χ4v) is 1.66. The Kier molecular flexibility index (Phi) is 1.92. The van der Waals surface area contributed by atoms with E-state index >= 15 is 0 Å². The molecule has 6 nitrogen and oxygen atoms in total. The zero-order valence-electron chi connectivity index (χ0n) is 9.07. The number of aryl methyl sites for hydroxylation is 1. The number of pyridine rings is 1. The summed E-state index contributed by atoms with van der Waals surface area (Å²) < 4.78 is 3.66. The van der Waals surface area contributed by atoms with Gasteiger partial charge in [0.1, 0.15) is 5.69 Å². The molecule has 3 aromatic heterocycles. The van der Waals surface area contributed by atoms with Crippen LogP contribution in [0.4, 0.5) is 0 Å². The smallest absolute Gasteiger partial charge is 0.188 e. The van der Waals surface area contributed by atoms with Crippen molar-refractivity contribution in [1.29, 1.82) is 5.26 Å². The molecule has 17 heavy (non-hydrogen) atoms. The Labute approximate surface area is 96.8 Å². The van der Waals surface area contributed by atoms with Crippen molar-refractivity contribution in [3.8, 4) is 17.6 Å². The normalized spacial score (nSPS) is 10.6. The SMILES string of the molecule is Cn1cnc(-c2nnc3cc(C#N)ccn23)c1. The van der Waals surface area contributed by atoms with Crippen LogP contribution in [0.15, 0.2) is 30.9 Å². The molecular weight excluding hydrogens is 216 g/mol. The van der Waals surface area contributed by atoms with Crippen LogP contribution in [0.3, 0.4) is 0 Å². The van der Waals surface area contributed by atoms with E-state index in [2.05, 4.69) is 21.3 Å². The van der Waals surface area contributed by atoms with Crippen molar-refractivity contribution >= 4 is 5.65 Å². The summed E-state index contributed by atoms with van der Waals surface area (Å²) in [5, 5.41) is 16.9. The second-order valence-electron chi connectivity index (χ2n) is 3.70. The van der Waals surface area contributed by atoms with Crippen molar-refractivity contribution in [1.82, 2.24) is 24.1 Å². The molecule has 0 N–H and O–H groups in total. The fraction of sp³-hybridized carbons (Fsp3) is 0.0909. The maximum Gasteiger partial charge on any atom is 0.188 e. The predicted octanol–water partition coefficient (Wildman–Crippen LogP) is 1.00. The van der Waals surface area contributed by atoms with Gasteiger partial charge in [0.2, 0.25) is 0 Å². The van der Waals surface area contributed by atoms with Gasteiger partial charge in [-0.1, -0.05) is 0 Å². The Hall–Kier alpha value is -2.68. The van der Waals surface area contributed by atoms with Crippen molar-refractivity contribution in [3.05, 3.63) is 36.4 Å². The Balaban J connectivity index is 2.22. The van der Waals surface area contributed by atoms with Crippen molar-refractivity contribution < 1.29 is 0 Å². The predicted molar refractivity (Wildman–Crippen MR) is 59.9 cm³/mol. The molecule has 6 heteroatoms. The second kappa shape index (κ2) is 3.42. The Morgan fingerprint density at radius 2 is 2.24 bits per heavy atom. The number of hydrogen-bond acceptors (Lipinski definition) is 4. The van der Waals surface area contributed by atoms with E-state index in [0.29, 0.717) is 17.0 Å². The number of rotatable bonds is 1. The van der Waals surface area contributed by atoms with E-state index < -0.39 is 0 Å². The molecule has 0 aliphatic heterocycles. The van der Waals surface area contributed by atoms with E-state index in [4.69, 9.17) is 5.26 Å². The van der Waals surface area contributed by atoms with Gasteiger partial charge in [-0.05, 0) is 6.07 Å². The van der Waals surface area contributed by atoms with Gasteiger partial charge in [0.25, 0.3) is 0 Å². The zero-order chi connectivity index (χ0) is 11.8. The van der Waals surface area contributed by atoms with Crippen LogP contribution >= 0.6 is 0 Å². The molecule has 0 saturated heterocycles. The van der Waals surface area contributed by atoms with Crippen LogP contribution in [0, 0.1) is 11.3 Å². The van der Waals surface area contributed by atoms with Crippen LogP contribution in [0.2, 0.25) is 0 Å². The van der Waals surface area contributed by atoms with E-state index in [9.17, 15) is 0 Å². The van der Waals surface area contributed by atoms with Gasteiger partial charge in [-0.25, -0.2) is 4.98 Å². The lowest BCUT2D eigenvalue weighted by Crippen LogP contribution is -1.90. The highest BCUT2D eigenvalue weighted by molar-refractivity contribution is 5.56. The summed E-state index contributed by atoms with van der Waals surface area (Å²) in [6, 6.07) is 5.49. The van der Waals surface area contributed by atoms with Crippen molar-refractivity contribution in [2.45, 2.75) is 0 Å². The summed E-state index contributed by atoms with van der Waals surface area (Å²) in [4.78, 5) is 4.23. The van der Waals surface area contributed by atoms with Crippen LogP contribution in [-0.4, -0.2) is 24.1 Å². The molecule has 0 aliphatic rings. The highest BCUT2D eigenvalue weighted by Crippen LogP contribution is 2.16. The molecule has 0 unspecified atom stereocenters. The minimum Gasteiger partial charge on any atom is -0.340 e. The minimum atomic E-state index is 0.567. The molecule has 0 fully saturated rings. The van der Waals surface area contributed by atoms with Gasteiger partial charge in [0.05, 0.1) is 18.0 Å². The average Bonchev–Trinajstić information content (AvgIpc) is 2.93. The summed E-state index contributed by atoms with van der Waals surface area (Å²) in [5.41, 5.74) is 1.96. The highest BCUT2D eigenvalue weighted by atomic mass is 15.3. The van der Waals surface area contributed by atoms with Gasteiger partial charge in [-0.2, -0.15) is 5.26 Å². The largest absolute Gasteiger partial charge is 0.340 e. The first kappa shape index (κ1) is 9.54. The van der Waals surface area contributed by atoms with Crippen molar-refractivity contribution in [2.75, 3.05) is 0 Å². The minimum absolute atomic E-state index is 0.567. The molecule has 0 spiro atoms. The monoisotopic (exact) mass is 224 g/mol. The van der Waals surface area contributed by atoms with Crippen LogP contribution < -0.4 is 0 Å². The van der Waals surface area contributed by atoms with Gasteiger partial charge < -0.3 is 4.57 Å². The quantitative estimate of drug-likeness (QED) is 0.618. The van der Waals surface area contributed by atoms with Crippen molar-refractivity contribution in [2.24, 2.45) is 7.05 Å². The summed E-state index contributed by atoms with van der Waals surface area (Å²) >= 11 is 0. The number of aromatic nitrogens is 5. The number of fused-ring (bicyclic) bond motifs is 1. The summed E-state index contributed by atoms with van der Waals surface area (Å²) in [7, 11) is 1.90. The molecule has 3 aromatic rings. The molecule has 0 bridgehead atoms. The molecule has 3 rings (SSSR count). The standard InChI is InChI=1S/C11H8N6/c1-16-6-9(13-7-16)11-15-14-10-4-8(5-12)2-3-17(10)11/h2-4,6-7H,1H3. The average molecular weight is 224 g/mol. The second-order valence-corrected chi connectivity index (χ2v) is 3.70. The maximum atomic E-state index is 8.80. The number of imidazole rings is 1. The van der Waals surface area contributed by atoms with E-state index in [-0.39, 0.29) is 0 Å². The molecule has 0 amide bonds. The molecule has 0 atom stereocenters. The maximum absolute atomic E-state index is 8.80. The zero-order valence-corrected chi connectivity index (χ0v) is 9.07. The number of nitrogens with zero attached hydrogens (tertiary/aromatic N) is 6. The highest BCUT2D eigenvalue weighted by Gasteiger charge is 2.10. The van der Waals surface area contributed by atoms with E-state index in [1.54, 1.807) is 24.7 Å².